The maximum Gasteiger partial charge on any atom is 0.129 e. The highest BCUT2D eigenvalue weighted by Crippen LogP contribution is 2.43. The van der Waals surface area contributed by atoms with Gasteiger partial charge in [0.1, 0.15) is 5.82 Å². The first-order valence-electron chi connectivity index (χ1n) is 7.54. The smallest absolute Gasteiger partial charge is 0.129 e. The summed E-state index contributed by atoms with van der Waals surface area (Å²) in [5, 5.41) is 10.9. The van der Waals surface area contributed by atoms with Crippen LogP contribution in [0.2, 0.25) is 0 Å². The molecule has 0 spiro atoms. The Balaban J connectivity index is 2.54. The van der Waals surface area contributed by atoms with Gasteiger partial charge < -0.3 is 5.11 Å². The molecule has 0 aromatic heterocycles. The first-order valence-corrected chi connectivity index (χ1v) is 7.54. The van der Waals surface area contributed by atoms with Crippen LogP contribution in [0.1, 0.15) is 49.5 Å². The minimum absolute atomic E-state index is 0.338. The van der Waals surface area contributed by atoms with Crippen LogP contribution in [0.4, 0.5) is 4.39 Å². The van der Waals surface area contributed by atoms with E-state index in [2.05, 4.69) is 0 Å². The average molecular weight is 286 g/mol. The molecule has 0 fully saturated rings. The number of benzene rings is 2. The summed E-state index contributed by atoms with van der Waals surface area (Å²) < 4.78 is 14.2. The molecule has 2 aromatic carbocycles. The van der Waals surface area contributed by atoms with E-state index in [0.717, 1.165) is 24.0 Å². The predicted octanol–water partition coefficient (Wildman–Crippen LogP) is 4.93. The van der Waals surface area contributed by atoms with Gasteiger partial charge in [-0.3, -0.25) is 0 Å². The maximum atomic E-state index is 14.2. The van der Waals surface area contributed by atoms with Crippen molar-refractivity contribution in [3.63, 3.8) is 0 Å². The highest BCUT2D eigenvalue weighted by molar-refractivity contribution is 5.34. The van der Waals surface area contributed by atoms with Crippen molar-refractivity contribution in [3.8, 4) is 0 Å². The molecule has 1 nitrogen and oxygen atoms in total. The zero-order valence-corrected chi connectivity index (χ0v) is 12.9. The van der Waals surface area contributed by atoms with Gasteiger partial charge in [0.2, 0.25) is 0 Å². The summed E-state index contributed by atoms with van der Waals surface area (Å²) in [4.78, 5) is 0. The van der Waals surface area contributed by atoms with Crippen molar-refractivity contribution in [3.05, 3.63) is 71.0 Å². The Morgan fingerprint density at radius 3 is 2.24 bits per heavy atom. The van der Waals surface area contributed by atoms with Crippen LogP contribution in [0.3, 0.4) is 0 Å². The fraction of sp³-hybridized carbons (Fsp3) is 0.368. The molecule has 21 heavy (non-hydrogen) atoms. The average Bonchev–Trinajstić information content (AvgIpc) is 2.52. The van der Waals surface area contributed by atoms with Crippen molar-refractivity contribution in [2.24, 2.45) is 0 Å². The molecule has 0 saturated heterocycles. The molecule has 0 saturated carbocycles. The van der Waals surface area contributed by atoms with Crippen LogP contribution in [-0.2, 0) is 5.41 Å². The van der Waals surface area contributed by atoms with Crippen molar-refractivity contribution in [1.82, 2.24) is 0 Å². The number of aliphatic hydroxyl groups is 1. The van der Waals surface area contributed by atoms with Gasteiger partial charge in [0.15, 0.2) is 0 Å². The van der Waals surface area contributed by atoms with E-state index in [9.17, 15) is 9.50 Å². The van der Waals surface area contributed by atoms with E-state index >= 15 is 0 Å². The standard InChI is InChI=1S/C19H23FO/c1-4-19(5-2,15-9-7-6-8-10-15)18(21)16-13-14(3)11-12-17(16)20/h6-13,18,21H,4-5H2,1-3H3. The molecule has 1 unspecified atom stereocenters. The molecule has 0 aliphatic heterocycles. The highest BCUT2D eigenvalue weighted by atomic mass is 19.1. The second-order valence-corrected chi connectivity index (χ2v) is 5.66. The lowest BCUT2D eigenvalue weighted by Crippen LogP contribution is -2.33. The van der Waals surface area contributed by atoms with Crippen LogP contribution < -0.4 is 0 Å². The van der Waals surface area contributed by atoms with Crippen LogP contribution in [-0.4, -0.2) is 5.11 Å². The first kappa shape index (κ1) is 15.7. The third kappa shape index (κ3) is 2.86. The Morgan fingerprint density at radius 2 is 1.67 bits per heavy atom. The summed E-state index contributed by atoms with van der Waals surface area (Å²) in [5.74, 6) is -0.338. The van der Waals surface area contributed by atoms with Crippen molar-refractivity contribution < 1.29 is 9.50 Å². The van der Waals surface area contributed by atoms with Crippen LogP contribution in [0, 0.1) is 12.7 Å². The second kappa shape index (κ2) is 6.40. The lowest BCUT2D eigenvalue weighted by Gasteiger charge is -2.37. The fourth-order valence-electron chi connectivity index (χ4n) is 3.14. The zero-order chi connectivity index (χ0) is 15.5. The lowest BCUT2D eigenvalue weighted by atomic mass is 9.69. The summed E-state index contributed by atoms with van der Waals surface area (Å²) in [6, 6.07) is 14.8. The largest absolute Gasteiger partial charge is 0.387 e. The van der Waals surface area contributed by atoms with Gasteiger partial charge in [-0.15, -0.1) is 0 Å². The molecule has 112 valence electrons. The van der Waals surface area contributed by atoms with Crippen molar-refractivity contribution >= 4 is 0 Å². The molecule has 0 aliphatic carbocycles. The van der Waals surface area contributed by atoms with Gasteiger partial charge in [-0.25, -0.2) is 4.39 Å². The van der Waals surface area contributed by atoms with E-state index in [0.29, 0.717) is 5.56 Å². The van der Waals surface area contributed by atoms with Crippen molar-refractivity contribution in [2.45, 2.75) is 45.1 Å². The third-order valence-electron chi connectivity index (χ3n) is 4.58. The SMILES string of the molecule is CCC(CC)(c1ccccc1)C(O)c1cc(C)ccc1F. The monoisotopic (exact) mass is 286 g/mol. The number of aliphatic hydroxyl groups excluding tert-OH is 1. The van der Waals surface area contributed by atoms with Crippen molar-refractivity contribution in [1.29, 1.82) is 0 Å². The van der Waals surface area contributed by atoms with Gasteiger partial charge in [-0.2, -0.15) is 0 Å². The summed E-state index contributed by atoms with van der Waals surface area (Å²) in [6.45, 7) is 6.01. The van der Waals surface area contributed by atoms with Crippen molar-refractivity contribution in [2.75, 3.05) is 0 Å². The summed E-state index contributed by atoms with van der Waals surface area (Å²) in [6.07, 6.45) is 0.652. The zero-order valence-electron chi connectivity index (χ0n) is 12.9. The normalized spacial score (nSPS) is 13.2. The van der Waals surface area contributed by atoms with Gasteiger partial charge >= 0.3 is 0 Å². The number of halogens is 1. The van der Waals surface area contributed by atoms with Crippen LogP contribution >= 0.6 is 0 Å². The quantitative estimate of drug-likeness (QED) is 0.826. The molecule has 1 atom stereocenters. The molecule has 0 bridgehead atoms. The van der Waals surface area contributed by atoms with Crippen LogP contribution in [0.25, 0.3) is 0 Å². The Labute approximate surface area is 126 Å². The van der Waals surface area contributed by atoms with E-state index in [4.69, 9.17) is 0 Å². The fourth-order valence-corrected chi connectivity index (χ4v) is 3.14. The van der Waals surface area contributed by atoms with E-state index in [1.54, 1.807) is 12.1 Å². The van der Waals surface area contributed by atoms with Crippen LogP contribution in [0.15, 0.2) is 48.5 Å². The molecule has 2 aromatic rings. The van der Waals surface area contributed by atoms with E-state index in [1.165, 1.54) is 6.07 Å². The number of hydrogen-bond donors (Lipinski definition) is 1. The van der Waals surface area contributed by atoms with Gasteiger partial charge in [0.25, 0.3) is 0 Å². The van der Waals surface area contributed by atoms with Gasteiger partial charge in [-0.05, 0) is 31.4 Å². The van der Waals surface area contributed by atoms with Gasteiger partial charge in [0, 0.05) is 11.0 Å². The Bertz CT molecular complexity index is 588. The molecular formula is C19H23FO. The summed E-state index contributed by atoms with van der Waals surface area (Å²) >= 11 is 0. The molecular weight excluding hydrogens is 263 g/mol. The highest BCUT2D eigenvalue weighted by Gasteiger charge is 2.38. The Morgan fingerprint density at radius 1 is 1.05 bits per heavy atom. The molecule has 0 radical (unpaired) electrons. The first-order chi connectivity index (χ1) is 10.0. The lowest BCUT2D eigenvalue weighted by molar-refractivity contribution is 0.0695. The molecule has 2 heteroatoms. The van der Waals surface area contributed by atoms with Gasteiger partial charge in [-0.1, -0.05) is 61.9 Å². The molecule has 0 heterocycles. The molecule has 0 amide bonds. The second-order valence-electron chi connectivity index (χ2n) is 5.66. The molecule has 2 rings (SSSR count). The Hall–Kier alpha value is -1.67. The van der Waals surface area contributed by atoms with Gasteiger partial charge in [0.05, 0.1) is 6.10 Å². The predicted molar refractivity (Wildman–Crippen MR) is 84.8 cm³/mol. The summed E-state index contributed by atoms with van der Waals surface area (Å²) in [5.41, 5.74) is 1.95. The molecule has 1 N–H and O–H groups in total. The van der Waals surface area contributed by atoms with E-state index < -0.39 is 11.5 Å². The minimum Gasteiger partial charge on any atom is -0.387 e. The number of aryl methyl sites for hydroxylation is 1. The van der Waals surface area contributed by atoms with Crippen LogP contribution in [0.5, 0.6) is 0 Å². The minimum atomic E-state index is -0.852. The summed E-state index contributed by atoms with van der Waals surface area (Å²) in [7, 11) is 0. The van der Waals surface area contributed by atoms with E-state index in [-0.39, 0.29) is 5.82 Å². The Kier molecular flexibility index (Phi) is 4.79. The number of rotatable bonds is 5. The van der Waals surface area contributed by atoms with E-state index in [1.807, 2.05) is 51.1 Å². The topological polar surface area (TPSA) is 20.2 Å². The maximum absolute atomic E-state index is 14.2. The number of hydrogen-bond acceptors (Lipinski definition) is 1. The third-order valence-corrected chi connectivity index (χ3v) is 4.58. The molecule has 0 aliphatic rings.